The smallest absolute Gasteiger partial charge is 0.276 e. The first kappa shape index (κ1) is 14.3. The number of halogens is 1. The summed E-state index contributed by atoms with van der Waals surface area (Å²) >= 11 is 0. The van der Waals surface area contributed by atoms with Gasteiger partial charge >= 0.3 is 0 Å². The van der Waals surface area contributed by atoms with E-state index in [1.807, 2.05) is 4.90 Å². The molecule has 0 bridgehead atoms. The summed E-state index contributed by atoms with van der Waals surface area (Å²) in [6.07, 6.45) is 1.87. The molecule has 0 unspecified atom stereocenters. The Hall–Kier alpha value is -2.28. The minimum atomic E-state index is -0.274. The van der Waals surface area contributed by atoms with Crippen molar-refractivity contribution in [3.05, 3.63) is 47.0 Å². The van der Waals surface area contributed by atoms with Crippen LogP contribution in [0.25, 0.3) is 0 Å². The zero-order chi connectivity index (χ0) is 15.8. The number of amides is 1. The maximum atomic E-state index is 13.0. The number of rotatable bonds is 2. The van der Waals surface area contributed by atoms with Crippen molar-refractivity contribution in [3.8, 4) is 0 Å². The van der Waals surface area contributed by atoms with Crippen LogP contribution in [-0.2, 0) is 17.9 Å². The standard InChI is InChI=1S/C16H17FN4O2/c17-12-5-3-11(4-6-12)14-9-21-13(10-23-14)15(18-19-21)16(22)20-7-1-2-8-20/h3-6,14H,1-2,7-10H2/t14-/m0/s1. The zero-order valence-electron chi connectivity index (χ0n) is 12.6. The molecule has 23 heavy (non-hydrogen) atoms. The molecule has 2 aliphatic rings. The number of fused-ring (bicyclic) bond motifs is 1. The molecule has 6 nitrogen and oxygen atoms in total. The molecule has 1 aromatic carbocycles. The van der Waals surface area contributed by atoms with E-state index in [1.54, 1.807) is 16.8 Å². The number of carbonyl (C=O) groups is 1. The van der Waals surface area contributed by atoms with Gasteiger partial charge in [-0.15, -0.1) is 5.10 Å². The van der Waals surface area contributed by atoms with E-state index in [-0.39, 0.29) is 24.4 Å². The summed E-state index contributed by atoms with van der Waals surface area (Å²) in [5.74, 6) is -0.336. The molecule has 0 saturated carbocycles. The van der Waals surface area contributed by atoms with Crippen LogP contribution >= 0.6 is 0 Å². The minimum absolute atomic E-state index is 0.0624. The van der Waals surface area contributed by atoms with Crippen LogP contribution in [0.3, 0.4) is 0 Å². The third kappa shape index (κ3) is 2.61. The van der Waals surface area contributed by atoms with Crippen LogP contribution < -0.4 is 0 Å². The summed E-state index contributed by atoms with van der Waals surface area (Å²) in [7, 11) is 0. The van der Waals surface area contributed by atoms with Gasteiger partial charge in [0.05, 0.1) is 18.8 Å². The Kier molecular flexibility index (Phi) is 3.57. The number of carbonyl (C=O) groups excluding carboxylic acids is 1. The lowest BCUT2D eigenvalue weighted by molar-refractivity contribution is -0.00195. The van der Waals surface area contributed by atoms with Gasteiger partial charge in [-0.05, 0) is 30.5 Å². The molecular weight excluding hydrogens is 299 g/mol. The summed E-state index contributed by atoms with van der Waals surface area (Å²) in [6, 6.07) is 6.24. The highest BCUT2D eigenvalue weighted by Gasteiger charge is 2.30. The van der Waals surface area contributed by atoms with E-state index >= 15 is 0 Å². The Balaban J connectivity index is 1.55. The van der Waals surface area contributed by atoms with Gasteiger partial charge in [0.2, 0.25) is 0 Å². The third-order valence-electron chi connectivity index (χ3n) is 4.44. The highest BCUT2D eigenvalue weighted by atomic mass is 19.1. The van der Waals surface area contributed by atoms with E-state index in [4.69, 9.17) is 4.74 Å². The topological polar surface area (TPSA) is 60.3 Å². The summed E-state index contributed by atoms with van der Waals surface area (Å²) in [6.45, 7) is 2.32. The summed E-state index contributed by atoms with van der Waals surface area (Å²) < 4.78 is 20.6. The van der Waals surface area contributed by atoms with E-state index in [2.05, 4.69) is 10.3 Å². The first-order valence-electron chi connectivity index (χ1n) is 7.81. The van der Waals surface area contributed by atoms with Gasteiger partial charge in [0, 0.05) is 13.1 Å². The molecule has 2 aliphatic heterocycles. The van der Waals surface area contributed by atoms with Crippen LogP contribution in [0.2, 0.25) is 0 Å². The quantitative estimate of drug-likeness (QED) is 0.849. The maximum absolute atomic E-state index is 13.0. The highest BCUT2D eigenvalue weighted by molar-refractivity contribution is 5.93. The SMILES string of the molecule is O=C(c1nnn2c1CO[C@H](c1ccc(F)cc1)C2)N1CCCC1. The van der Waals surface area contributed by atoms with Gasteiger partial charge in [0.25, 0.3) is 5.91 Å². The molecule has 0 radical (unpaired) electrons. The lowest BCUT2D eigenvalue weighted by Crippen LogP contribution is -2.30. The second kappa shape index (κ2) is 5.73. The van der Waals surface area contributed by atoms with Gasteiger partial charge in [0.15, 0.2) is 5.69 Å². The van der Waals surface area contributed by atoms with E-state index in [9.17, 15) is 9.18 Å². The molecule has 0 spiro atoms. The van der Waals surface area contributed by atoms with Crippen molar-refractivity contribution in [2.75, 3.05) is 13.1 Å². The van der Waals surface area contributed by atoms with Crippen molar-refractivity contribution in [1.82, 2.24) is 19.9 Å². The molecule has 1 saturated heterocycles. The summed E-state index contributed by atoms with van der Waals surface area (Å²) in [5, 5.41) is 8.17. The molecule has 1 aromatic heterocycles. The van der Waals surface area contributed by atoms with Crippen molar-refractivity contribution >= 4 is 5.91 Å². The van der Waals surface area contributed by atoms with Gasteiger partial charge in [-0.25, -0.2) is 9.07 Å². The third-order valence-corrected chi connectivity index (χ3v) is 4.44. The Morgan fingerprint density at radius 2 is 1.96 bits per heavy atom. The van der Waals surface area contributed by atoms with Gasteiger partial charge in [-0.3, -0.25) is 4.79 Å². The van der Waals surface area contributed by atoms with Gasteiger partial charge < -0.3 is 9.64 Å². The highest BCUT2D eigenvalue weighted by Crippen LogP contribution is 2.27. The predicted molar refractivity (Wildman–Crippen MR) is 79.1 cm³/mol. The van der Waals surface area contributed by atoms with E-state index < -0.39 is 0 Å². The second-order valence-corrected chi connectivity index (χ2v) is 5.92. The molecule has 3 heterocycles. The lowest BCUT2D eigenvalue weighted by atomic mass is 10.1. The Morgan fingerprint density at radius 3 is 2.70 bits per heavy atom. The predicted octanol–water partition coefficient (Wildman–Crippen LogP) is 1.92. The van der Waals surface area contributed by atoms with E-state index in [0.29, 0.717) is 12.2 Å². The van der Waals surface area contributed by atoms with Crippen molar-refractivity contribution in [2.45, 2.75) is 32.1 Å². The van der Waals surface area contributed by atoms with E-state index in [1.165, 1.54) is 12.1 Å². The summed E-state index contributed by atoms with van der Waals surface area (Å²) in [5.41, 5.74) is 2.00. The van der Waals surface area contributed by atoms with Crippen LogP contribution in [0.5, 0.6) is 0 Å². The first-order valence-corrected chi connectivity index (χ1v) is 7.81. The second-order valence-electron chi connectivity index (χ2n) is 5.92. The minimum Gasteiger partial charge on any atom is -0.365 e. The molecule has 0 aliphatic carbocycles. The van der Waals surface area contributed by atoms with Crippen LogP contribution in [-0.4, -0.2) is 38.9 Å². The van der Waals surface area contributed by atoms with Gasteiger partial charge in [0.1, 0.15) is 11.9 Å². The Bertz CT molecular complexity index is 722. The van der Waals surface area contributed by atoms with Crippen LogP contribution in [0.4, 0.5) is 4.39 Å². The number of benzene rings is 1. The Morgan fingerprint density at radius 1 is 1.22 bits per heavy atom. The largest absolute Gasteiger partial charge is 0.365 e. The van der Waals surface area contributed by atoms with Crippen molar-refractivity contribution in [3.63, 3.8) is 0 Å². The monoisotopic (exact) mass is 316 g/mol. The molecule has 1 amide bonds. The number of ether oxygens (including phenoxy) is 1. The molecule has 4 rings (SSSR count). The molecule has 120 valence electrons. The number of likely N-dealkylation sites (tertiary alicyclic amines) is 1. The number of hydrogen-bond acceptors (Lipinski definition) is 4. The molecule has 2 aromatic rings. The fourth-order valence-corrected chi connectivity index (χ4v) is 3.13. The fourth-order valence-electron chi connectivity index (χ4n) is 3.13. The van der Waals surface area contributed by atoms with Crippen molar-refractivity contribution in [1.29, 1.82) is 0 Å². The average molecular weight is 316 g/mol. The fraction of sp³-hybridized carbons (Fsp3) is 0.438. The molecule has 1 fully saturated rings. The maximum Gasteiger partial charge on any atom is 0.276 e. The van der Waals surface area contributed by atoms with Crippen LogP contribution in [0.15, 0.2) is 24.3 Å². The number of nitrogens with zero attached hydrogens (tertiary/aromatic N) is 4. The van der Waals surface area contributed by atoms with Crippen molar-refractivity contribution in [2.24, 2.45) is 0 Å². The molecule has 0 N–H and O–H groups in total. The zero-order valence-corrected chi connectivity index (χ0v) is 12.6. The molecule has 7 heteroatoms. The van der Waals surface area contributed by atoms with Crippen LogP contribution in [0.1, 0.15) is 40.7 Å². The number of aromatic nitrogens is 3. The molecule has 1 atom stereocenters. The average Bonchev–Trinajstić information content (AvgIpc) is 3.24. The number of hydrogen-bond donors (Lipinski definition) is 0. The van der Waals surface area contributed by atoms with E-state index in [0.717, 1.165) is 37.2 Å². The van der Waals surface area contributed by atoms with Gasteiger partial charge in [-0.2, -0.15) is 0 Å². The normalized spacial score (nSPS) is 20.6. The van der Waals surface area contributed by atoms with Gasteiger partial charge in [-0.1, -0.05) is 17.3 Å². The van der Waals surface area contributed by atoms with Crippen LogP contribution in [0, 0.1) is 5.82 Å². The first-order chi connectivity index (χ1) is 11.2. The Labute approximate surface area is 132 Å². The summed E-state index contributed by atoms with van der Waals surface area (Å²) in [4.78, 5) is 14.3. The molecular formula is C16H17FN4O2. The lowest BCUT2D eigenvalue weighted by Gasteiger charge is -2.24. The van der Waals surface area contributed by atoms with Crippen molar-refractivity contribution < 1.29 is 13.9 Å².